The van der Waals surface area contributed by atoms with Crippen molar-refractivity contribution in [2.45, 2.75) is 43.6 Å². The summed E-state index contributed by atoms with van der Waals surface area (Å²) in [5.41, 5.74) is 5.82. The van der Waals surface area contributed by atoms with Gasteiger partial charge in [-0.25, -0.2) is 0 Å². The van der Waals surface area contributed by atoms with E-state index in [1.165, 1.54) is 17.3 Å². The van der Waals surface area contributed by atoms with E-state index in [0.29, 0.717) is 35.6 Å². The van der Waals surface area contributed by atoms with E-state index in [9.17, 15) is 14.4 Å². The normalized spacial score (nSPS) is 11.9. The first-order valence-electron chi connectivity index (χ1n) is 18.6. The average molecular weight is 759 g/mol. The Morgan fingerprint density at radius 3 is 2.14 bits per heavy atom. The Kier molecular flexibility index (Phi) is 11.9. The van der Waals surface area contributed by atoms with Crippen molar-refractivity contribution < 1.29 is 19.1 Å². The fourth-order valence-corrected chi connectivity index (χ4v) is 7.55. The van der Waals surface area contributed by atoms with Crippen LogP contribution in [0.2, 0.25) is 0 Å². The van der Waals surface area contributed by atoms with Gasteiger partial charge in [0.25, 0.3) is 11.8 Å². The molecule has 0 saturated heterocycles. The summed E-state index contributed by atoms with van der Waals surface area (Å²) in [7, 11) is 0. The van der Waals surface area contributed by atoms with Crippen molar-refractivity contribution in [2.24, 2.45) is 0 Å². The molecule has 7 rings (SSSR count). The summed E-state index contributed by atoms with van der Waals surface area (Å²) in [6, 6.07) is 47.7. The maximum absolute atomic E-state index is 13.8. The molecule has 3 N–H and O–H groups in total. The lowest BCUT2D eigenvalue weighted by atomic mass is 10.1. The number of benzene rings is 6. The summed E-state index contributed by atoms with van der Waals surface area (Å²) >= 11 is 1.43. The van der Waals surface area contributed by atoms with E-state index in [0.717, 1.165) is 39.0 Å². The summed E-state index contributed by atoms with van der Waals surface area (Å²) in [5, 5.41) is 10.8. The van der Waals surface area contributed by atoms with Crippen LogP contribution in [0, 0.1) is 0 Å². The first-order chi connectivity index (χ1) is 27.4. The number of nitrogens with zero attached hydrogens (tertiary/aromatic N) is 1. The summed E-state index contributed by atoms with van der Waals surface area (Å²) in [4.78, 5) is 41.5. The topological polar surface area (TPSA) is 101 Å². The summed E-state index contributed by atoms with van der Waals surface area (Å²) in [6.07, 6.45) is 2.23. The fraction of sp³-hybridized carbons (Fsp3) is 0.128. The molecule has 9 heteroatoms. The minimum absolute atomic E-state index is 0.0692. The monoisotopic (exact) mass is 758 g/mol. The average Bonchev–Trinajstić information content (AvgIpc) is 3.55. The molecule has 0 radical (unpaired) electrons. The number of thioether (sulfide) groups is 1. The number of aryl methyl sites for hydroxylation is 1. The Labute approximate surface area is 330 Å². The predicted molar refractivity (Wildman–Crippen MR) is 228 cm³/mol. The van der Waals surface area contributed by atoms with Crippen LogP contribution in [0.4, 0.5) is 11.4 Å². The van der Waals surface area contributed by atoms with Crippen LogP contribution in [-0.2, 0) is 22.7 Å². The van der Waals surface area contributed by atoms with E-state index in [4.69, 9.17) is 4.74 Å². The lowest BCUT2D eigenvalue weighted by Gasteiger charge is -2.16. The minimum atomic E-state index is -0.495. The lowest BCUT2D eigenvalue weighted by Crippen LogP contribution is -2.30. The van der Waals surface area contributed by atoms with Gasteiger partial charge in [-0.15, -0.1) is 11.8 Å². The van der Waals surface area contributed by atoms with Gasteiger partial charge in [0.2, 0.25) is 5.91 Å². The molecule has 3 amide bonds. The van der Waals surface area contributed by atoms with Crippen LogP contribution >= 0.6 is 11.8 Å². The Hall–Kier alpha value is -6.58. The van der Waals surface area contributed by atoms with Gasteiger partial charge in [0.1, 0.15) is 18.1 Å². The number of anilines is 2. The molecule has 8 nitrogen and oxygen atoms in total. The molecule has 0 fully saturated rings. The summed E-state index contributed by atoms with van der Waals surface area (Å²) in [5.74, 6) is -0.326. The second-order valence-electron chi connectivity index (χ2n) is 13.2. The van der Waals surface area contributed by atoms with Gasteiger partial charge in [-0.05, 0) is 97.3 Å². The smallest absolute Gasteiger partial charge is 0.272 e. The molecule has 1 heterocycles. The van der Waals surface area contributed by atoms with Gasteiger partial charge >= 0.3 is 0 Å². The van der Waals surface area contributed by atoms with Gasteiger partial charge in [0, 0.05) is 50.2 Å². The third kappa shape index (κ3) is 9.02. The second kappa shape index (κ2) is 17.7. The quantitative estimate of drug-likeness (QED) is 0.0757. The molecule has 7 aromatic rings. The molecule has 6 aromatic carbocycles. The number of aromatic nitrogens is 1. The Morgan fingerprint density at radius 2 is 1.39 bits per heavy atom. The Balaban J connectivity index is 1.05. The van der Waals surface area contributed by atoms with Gasteiger partial charge in [-0.3, -0.25) is 14.4 Å². The Morgan fingerprint density at radius 1 is 0.696 bits per heavy atom. The molecule has 1 unspecified atom stereocenters. The highest BCUT2D eigenvalue weighted by Gasteiger charge is 2.20. The number of amides is 3. The molecule has 0 spiro atoms. The number of ether oxygens (including phenoxy) is 1. The van der Waals surface area contributed by atoms with Gasteiger partial charge < -0.3 is 25.3 Å². The van der Waals surface area contributed by atoms with E-state index in [-0.39, 0.29) is 16.9 Å². The van der Waals surface area contributed by atoms with Crippen molar-refractivity contribution >= 4 is 68.7 Å². The van der Waals surface area contributed by atoms with Crippen LogP contribution in [0.5, 0.6) is 5.75 Å². The number of hydrogen-bond acceptors (Lipinski definition) is 5. The number of rotatable bonds is 14. The molecule has 0 aliphatic rings. The maximum atomic E-state index is 13.8. The standard InChI is InChI=1S/C47H42N4O4S/c1-3-44(47(54)49-36-24-27-43-40(30-36)39-20-11-12-21-42(39)51(43)4-2)56-38-19-13-18-35(29-38)48-46(53)41(50-45(52)34-16-9-6-10-17-34)28-32-22-25-37(26-23-32)55-31-33-14-7-5-8-15-33/h5-30,44H,3-4,31H2,1-2H3,(H,48,53)(H,49,54)(H,50,52)/b41-28-. The van der Waals surface area contributed by atoms with E-state index in [1.807, 2.05) is 110 Å². The van der Waals surface area contributed by atoms with Crippen LogP contribution in [0.3, 0.4) is 0 Å². The van der Waals surface area contributed by atoms with Gasteiger partial charge in [-0.2, -0.15) is 0 Å². The molecular weight excluding hydrogens is 717 g/mol. The van der Waals surface area contributed by atoms with Crippen molar-refractivity contribution in [1.29, 1.82) is 0 Å². The predicted octanol–water partition coefficient (Wildman–Crippen LogP) is 10.3. The highest BCUT2D eigenvalue weighted by molar-refractivity contribution is 8.00. The Bertz CT molecular complexity index is 2510. The molecule has 0 bridgehead atoms. The second-order valence-corrected chi connectivity index (χ2v) is 14.5. The SMILES string of the molecule is CCC(Sc1cccc(NC(=O)/C(=C/c2ccc(OCc3ccccc3)cc2)NC(=O)c2ccccc2)c1)C(=O)Nc1ccc2c(c1)c1ccccc1n2CC. The van der Waals surface area contributed by atoms with Crippen molar-refractivity contribution in [3.05, 3.63) is 174 Å². The molecule has 0 aliphatic carbocycles. The van der Waals surface area contributed by atoms with Crippen molar-refractivity contribution in [3.63, 3.8) is 0 Å². The zero-order valence-corrected chi connectivity index (χ0v) is 32.0. The third-order valence-corrected chi connectivity index (χ3v) is 10.7. The van der Waals surface area contributed by atoms with E-state index in [1.54, 1.807) is 36.4 Å². The van der Waals surface area contributed by atoms with E-state index < -0.39 is 11.8 Å². The van der Waals surface area contributed by atoms with Gasteiger partial charge in [0.15, 0.2) is 0 Å². The maximum Gasteiger partial charge on any atom is 0.272 e. The molecule has 1 atom stereocenters. The van der Waals surface area contributed by atoms with Crippen LogP contribution in [-0.4, -0.2) is 27.5 Å². The molecule has 56 heavy (non-hydrogen) atoms. The van der Waals surface area contributed by atoms with E-state index >= 15 is 0 Å². The number of fused-ring (bicyclic) bond motifs is 3. The highest BCUT2D eigenvalue weighted by Crippen LogP contribution is 2.33. The van der Waals surface area contributed by atoms with Crippen molar-refractivity contribution in [1.82, 2.24) is 9.88 Å². The first-order valence-corrected chi connectivity index (χ1v) is 19.5. The van der Waals surface area contributed by atoms with Crippen molar-refractivity contribution in [2.75, 3.05) is 10.6 Å². The molecule has 0 aliphatic heterocycles. The zero-order valence-electron chi connectivity index (χ0n) is 31.2. The number of hydrogen-bond donors (Lipinski definition) is 3. The van der Waals surface area contributed by atoms with Gasteiger partial charge in [0.05, 0.1) is 5.25 Å². The minimum Gasteiger partial charge on any atom is -0.489 e. The van der Waals surface area contributed by atoms with Crippen LogP contribution < -0.4 is 20.7 Å². The number of carbonyl (C=O) groups excluding carboxylic acids is 3. The largest absolute Gasteiger partial charge is 0.489 e. The number of carbonyl (C=O) groups is 3. The summed E-state index contributed by atoms with van der Waals surface area (Å²) < 4.78 is 8.21. The lowest BCUT2D eigenvalue weighted by molar-refractivity contribution is -0.116. The molecular formula is C47H42N4O4S. The molecule has 0 saturated carbocycles. The molecule has 1 aromatic heterocycles. The van der Waals surface area contributed by atoms with Crippen LogP contribution in [0.25, 0.3) is 27.9 Å². The highest BCUT2D eigenvalue weighted by atomic mass is 32.2. The summed E-state index contributed by atoms with van der Waals surface area (Å²) in [6.45, 7) is 5.40. The van der Waals surface area contributed by atoms with Crippen LogP contribution in [0.1, 0.15) is 41.8 Å². The van der Waals surface area contributed by atoms with Crippen LogP contribution in [0.15, 0.2) is 162 Å². The molecule has 280 valence electrons. The third-order valence-electron chi connectivity index (χ3n) is 9.36. The van der Waals surface area contributed by atoms with Gasteiger partial charge in [-0.1, -0.05) is 91.9 Å². The fourth-order valence-electron chi connectivity index (χ4n) is 6.54. The number of para-hydroxylation sites is 1. The zero-order chi connectivity index (χ0) is 38.9. The number of nitrogens with one attached hydrogen (secondary N) is 3. The van der Waals surface area contributed by atoms with E-state index in [2.05, 4.69) is 45.6 Å². The van der Waals surface area contributed by atoms with Crippen molar-refractivity contribution in [3.8, 4) is 5.75 Å². The first kappa shape index (κ1) is 37.7.